The lowest BCUT2D eigenvalue weighted by Crippen LogP contribution is -2.27. The van der Waals surface area contributed by atoms with Crippen LogP contribution in [0.25, 0.3) is 21.9 Å². The first-order valence-electron chi connectivity index (χ1n) is 9.19. The minimum atomic E-state index is 0.178. The Hall–Kier alpha value is -2.56. The van der Waals surface area contributed by atoms with Gasteiger partial charge in [-0.15, -0.1) is 0 Å². The molecule has 4 rings (SSSR count). The summed E-state index contributed by atoms with van der Waals surface area (Å²) in [4.78, 5) is 18.7. The molecule has 1 saturated heterocycles. The summed E-state index contributed by atoms with van der Waals surface area (Å²) in [5.74, 6) is 1.73. The van der Waals surface area contributed by atoms with E-state index >= 15 is 0 Å². The van der Waals surface area contributed by atoms with Gasteiger partial charge in [-0.3, -0.25) is 9.78 Å². The van der Waals surface area contributed by atoms with Gasteiger partial charge in [0.15, 0.2) is 16.9 Å². The fourth-order valence-electron chi connectivity index (χ4n) is 3.85. The van der Waals surface area contributed by atoms with E-state index in [2.05, 4.69) is 24.9 Å². The van der Waals surface area contributed by atoms with Crippen molar-refractivity contribution >= 4 is 27.8 Å². The van der Waals surface area contributed by atoms with Gasteiger partial charge in [-0.25, -0.2) is 0 Å². The van der Waals surface area contributed by atoms with Crippen LogP contribution >= 0.6 is 0 Å². The van der Waals surface area contributed by atoms with Crippen LogP contribution in [0.15, 0.2) is 35.0 Å². The van der Waals surface area contributed by atoms with Crippen molar-refractivity contribution in [3.05, 3.63) is 36.2 Å². The zero-order valence-corrected chi connectivity index (χ0v) is 15.5. The molecule has 1 aliphatic rings. The lowest BCUT2D eigenvalue weighted by molar-refractivity contribution is -0.127. The molecule has 0 saturated carbocycles. The fourth-order valence-corrected chi connectivity index (χ4v) is 3.85. The summed E-state index contributed by atoms with van der Waals surface area (Å²) in [5.41, 5.74) is 2.64. The first-order chi connectivity index (χ1) is 12.6. The number of amides is 1. The van der Waals surface area contributed by atoms with Crippen molar-refractivity contribution in [3.8, 4) is 5.75 Å². The monoisotopic (exact) mass is 352 g/mol. The third-order valence-electron chi connectivity index (χ3n) is 5.27. The van der Waals surface area contributed by atoms with E-state index in [1.807, 2.05) is 17.0 Å². The van der Waals surface area contributed by atoms with Gasteiger partial charge in [0.25, 0.3) is 0 Å². The molecule has 3 aromatic rings. The van der Waals surface area contributed by atoms with Gasteiger partial charge in [0.2, 0.25) is 5.91 Å². The molecule has 1 fully saturated rings. The second-order valence-electron chi connectivity index (χ2n) is 7.46. The molecule has 0 spiro atoms. The van der Waals surface area contributed by atoms with Crippen LogP contribution in [0.3, 0.4) is 0 Å². The molecule has 2 aromatic heterocycles. The Bertz CT molecular complexity index is 960. The number of nitrogens with zero attached hydrogens (tertiary/aromatic N) is 2. The number of fused-ring (bicyclic) bond motifs is 3. The molecule has 1 atom stereocenters. The average Bonchev–Trinajstić information content (AvgIpc) is 3.20. The fraction of sp³-hybridized carbons (Fsp3) is 0.429. The third kappa shape index (κ3) is 2.81. The second kappa shape index (κ2) is 6.63. The number of ether oxygens (including phenoxy) is 1. The van der Waals surface area contributed by atoms with Crippen molar-refractivity contribution in [2.24, 2.45) is 5.92 Å². The number of likely N-dealkylation sites (tertiary alicyclic amines) is 1. The van der Waals surface area contributed by atoms with Crippen LogP contribution in [0, 0.1) is 5.92 Å². The van der Waals surface area contributed by atoms with Crippen LogP contribution in [0.5, 0.6) is 5.75 Å². The van der Waals surface area contributed by atoms with E-state index < -0.39 is 0 Å². The first kappa shape index (κ1) is 16.9. The molecular weight excluding hydrogens is 328 g/mol. The van der Waals surface area contributed by atoms with E-state index in [0.717, 1.165) is 47.0 Å². The van der Waals surface area contributed by atoms with E-state index in [-0.39, 0.29) is 11.8 Å². The Labute approximate surface area is 152 Å². The number of furan rings is 1. The molecule has 5 nitrogen and oxygen atoms in total. The van der Waals surface area contributed by atoms with Crippen LogP contribution in [-0.2, 0) is 4.79 Å². The summed E-state index contributed by atoms with van der Waals surface area (Å²) in [6.45, 7) is 5.99. The van der Waals surface area contributed by atoms with Gasteiger partial charge < -0.3 is 14.1 Å². The van der Waals surface area contributed by atoms with E-state index in [1.165, 1.54) is 0 Å². The highest BCUT2D eigenvalue weighted by Gasteiger charge is 2.32. The van der Waals surface area contributed by atoms with Gasteiger partial charge in [0.1, 0.15) is 0 Å². The smallest absolute Gasteiger partial charge is 0.223 e. The SMILES string of the molecule is COc1ccc(C2CC(=O)N(CCC(C)C)C2)c2c1oc1cnccc12. The van der Waals surface area contributed by atoms with Gasteiger partial charge in [-0.2, -0.15) is 0 Å². The van der Waals surface area contributed by atoms with E-state index in [4.69, 9.17) is 9.15 Å². The van der Waals surface area contributed by atoms with Crippen molar-refractivity contribution in [2.45, 2.75) is 32.6 Å². The summed E-state index contributed by atoms with van der Waals surface area (Å²) in [6, 6.07) is 5.99. The number of benzene rings is 1. The second-order valence-corrected chi connectivity index (χ2v) is 7.46. The predicted molar refractivity (Wildman–Crippen MR) is 101 cm³/mol. The summed E-state index contributed by atoms with van der Waals surface area (Å²) in [7, 11) is 1.65. The molecule has 1 aromatic carbocycles. The lowest BCUT2D eigenvalue weighted by atomic mass is 9.93. The molecule has 0 aliphatic carbocycles. The predicted octanol–water partition coefficient (Wildman–Crippen LogP) is 4.35. The zero-order valence-electron chi connectivity index (χ0n) is 15.5. The highest BCUT2D eigenvalue weighted by molar-refractivity contribution is 6.08. The summed E-state index contributed by atoms with van der Waals surface area (Å²) < 4.78 is 11.5. The summed E-state index contributed by atoms with van der Waals surface area (Å²) in [5, 5.41) is 2.07. The maximum Gasteiger partial charge on any atom is 0.223 e. The quantitative estimate of drug-likeness (QED) is 0.685. The van der Waals surface area contributed by atoms with Crippen LogP contribution in [-0.4, -0.2) is 36.0 Å². The van der Waals surface area contributed by atoms with Crippen LogP contribution < -0.4 is 4.74 Å². The van der Waals surface area contributed by atoms with E-state index in [1.54, 1.807) is 19.5 Å². The van der Waals surface area contributed by atoms with Crippen molar-refractivity contribution < 1.29 is 13.9 Å². The van der Waals surface area contributed by atoms with E-state index in [0.29, 0.717) is 18.1 Å². The Morgan fingerprint density at radius 2 is 2.19 bits per heavy atom. The highest BCUT2D eigenvalue weighted by Crippen LogP contribution is 2.41. The van der Waals surface area contributed by atoms with Gasteiger partial charge >= 0.3 is 0 Å². The largest absolute Gasteiger partial charge is 0.493 e. The molecule has 136 valence electrons. The lowest BCUT2D eigenvalue weighted by Gasteiger charge is -2.18. The molecule has 26 heavy (non-hydrogen) atoms. The van der Waals surface area contributed by atoms with Crippen LogP contribution in [0.1, 0.15) is 38.2 Å². The number of pyridine rings is 1. The summed E-state index contributed by atoms with van der Waals surface area (Å²) >= 11 is 0. The molecule has 3 heterocycles. The highest BCUT2D eigenvalue weighted by atomic mass is 16.5. The molecule has 0 bridgehead atoms. The molecule has 1 unspecified atom stereocenters. The Kier molecular flexibility index (Phi) is 4.31. The molecule has 1 amide bonds. The number of methoxy groups -OCH3 is 1. The Morgan fingerprint density at radius 1 is 1.35 bits per heavy atom. The van der Waals surface area contributed by atoms with E-state index in [9.17, 15) is 4.79 Å². The number of hydrogen-bond acceptors (Lipinski definition) is 4. The van der Waals surface area contributed by atoms with Gasteiger partial charge in [0, 0.05) is 42.4 Å². The topological polar surface area (TPSA) is 55.6 Å². The average molecular weight is 352 g/mol. The van der Waals surface area contributed by atoms with Crippen molar-refractivity contribution in [1.82, 2.24) is 9.88 Å². The van der Waals surface area contributed by atoms with Crippen molar-refractivity contribution in [3.63, 3.8) is 0 Å². The Morgan fingerprint density at radius 3 is 2.96 bits per heavy atom. The molecule has 0 radical (unpaired) electrons. The van der Waals surface area contributed by atoms with Crippen LogP contribution in [0.2, 0.25) is 0 Å². The third-order valence-corrected chi connectivity index (χ3v) is 5.27. The van der Waals surface area contributed by atoms with Crippen LogP contribution in [0.4, 0.5) is 0 Å². The zero-order chi connectivity index (χ0) is 18.3. The minimum absolute atomic E-state index is 0.178. The number of carbonyl (C=O) groups excluding carboxylic acids is 1. The van der Waals surface area contributed by atoms with Crippen molar-refractivity contribution in [2.75, 3.05) is 20.2 Å². The standard InChI is InChI=1S/C21H24N2O3/c1-13(2)7-9-23-12-14(10-19(23)24)15-4-5-17(25-3)21-20(15)16-6-8-22-11-18(16)26-21/h4-6,8,11,13-14H,7,9-10,12H2,1-3H3. The molecule has 0 N–H and O–H groups in total. The number of aromatic nitrogens is 1. The maximum absolute atomic E-state index is 12.5. The molecule has 1 aliphatic heterocycles. The minimum Gasteiger partial charge on any atom is -0.493 e. The Balaban J connectivity index is 1.76. The number of carbonyl (C=O) groups is 1. The molecule has 5 heteroatoms. The molecular formula is C21H24N2O3. The van der Waals surface area contributed by atoms with Crippen molar-refractivity contribution in [1.29, 1.82) is 0 Å². The number of hydrogen-bond donors (Lipinski definition) is 0. The first-order valence-corrected chi connectivity index (χ1v) is 9.19. The van der Waals surface area contributed by atoms with Gasteiger partial charge in [-0.05, 0) is 30.0 Å². The normalized spacial score (nSPS) is 17.8. The van der Waals surface area contributed by atoms with Gasteiger partial charge in [0.05, 0.1) is 13.3 Å². The summed E-state index contributed by atoms with van der Waals surface area (Å²) in [6.07, 6.45) is 5.09. The maximum atomic E-state index is 12.5. The van der Waals surface area contributed by atoms with Gasteiger partial charge in [-0.1, -0.05) is 19.9 Å². The number of rotatable bonds is 5.